The third-order valence-electron chi connectivity index (χ3n) is 3.04. The maximum Gasteiger partial charge on any atom is 0.242 e. The normalized spacial score (nSPS) is 19.2. The number of nitrogens with zero attached hydrogens (tertiary/aromatic N) is 2. The lowest BCUT2D eigenvalue weighted by Crippen LogP contribution is -2.53. The highest BCUT2D eigenvalue weighted by Gasteiger charge is 2.28. The molecular formula is C13H20N4O2. The van der Waals surface area contributed by atoms with Crippen LogP contribution in [0, 0.1) is 0 Å². The second kappa shape index (κ2) is 6.38. The van der Waals surface area contributed by atoms with E-state index in [1.807, 2.05) is 23.1 Å². The van der Waals surface area contributed by atoms with Crippen LogP contribution in [0.5, 0.6) is 0 Å². The summed E-state index contributed by atoms with van der Waals surface area (Å²) in [6, 6.07) is 5.29. The van der Waals surface area contributed by atoms with Gasteiger partial charge in [0.1, 0.15) is 17.7 Å². The van der Waals surface area contributed by atoms with Crippen molar-refractivity contribution in [3.63, 3.8) is 0 Å². The molecule has 1 saturated heterocycles. The fraction of sp³-hybridized carbons (Fsp3) is 0.538. The van der Waals surface area contributed by atoms with Crippen molar-refractivity contribution in [1.82, 2.24) is 4.98 Å². The Labute approximate surface area is 112 Å². The summed E-state index contributed by atoms with van der Waals surface area (Å²) >= 11 is 0. The van der Waals surface area contributed by atoms with E-state index in [1.165, 1.54) is 0 Å². The highest BCUT2D eigenvalue weighted by Crippen LogP contribution is 2.19. The van der Waals surface area contributed by atoms with Crippen molar-refractivity contribution >= 4 is 17.5 Å². The average molecular weight is 264 g/mol. The molecule has 0 aliphatic carbocycles. The van der Waals surface area contributed by atoms with Gasteiger partial charge in [0, 0.05) is 13.1 Å². The summed E-state index contributed by atoms with van der Waals surface area (Å²) in [5.41, 5.74) is 5.41. The first-order chi connectivity index (χ1) is 9.22. The zero-order valence-electron chi connectivity index (χ0n) is 11.1. The van der Waals surface area contributed by atoms with Crippen molar-refractivity contribution < 1.29 is 9.53 Å². The first kappa shape index (κ1) is 13.6. The molecule has 0 radical (unpaired) electrons. The second-order valence-corrected chi connectivity index (χ2v) is 4.49. The van der Waals surface area contributed by atoms with Crippen molar-refractivity contribution in [2.45, 2.75) is 19.4 Å². The summed E-state index contributed by atoms with van der Waals surface area (Å²) in [4.78, 5) is 17.9. The monoisotopic (exact) mass is 264 g/mol. The van der Waals surface area contributed by atoms with Crippen LogP contribution in [0.3, 0.4) is 0 Å². The number of morpholine rings is 1. The van der Waals surface area contributed by atoms with Crippen LogP contribution >= 0.6 is 0 Å². The van der Waals surface area contributed by atoms with Crippen LogP contribution in [0.1, 0.15) is 13.3 Å². The average Bonchev–Trinajstić information content (AvgIpc) is 2.45. The first-order valence-electron chi connectivity index (χ1n) is 6.57. The van der Waals surface area contributed by atoms with Crippen LogP contribution in [0.2, 0.25) is 0 Å². The lowest BCUT2D eigenvalue weighted by molar-refractivity contribution is -0.121. The molecule has 19 heavy (non-hydrogen) atoms. The molecule has 1 aromatic heterocycles. The molecule has 1 aromatic rings. The number of anilines is 2. The molecule has 1 atom stereocenters. The quantitative estimate of drug-likeness (QED) is 0.813. The largest absolute Gasteiger partial charge is 0.377 e. The van der Waals surface area contributed by atoms with Gasteiger partial charge in [-0.25, -0.2) is 4.98 Å². The van der Waals surface area contributed by atoms with Crippen LogP contribution in [-0.4, -0.2) is 43.2 Å². The molecule has 104 valence electrons. The maximum atomic E-state index is 11.5. The van der Waals surface area contributed by atoms with Gasteiger partial charge in [0.15, 0.2) is 0 Å². The van der Waals surface area contributed by atoms with Gasteiger partial charge in [0.05, 0.1) is 13.2 Å². The number of rotatable bonds is 5. The molecule has 2 heterocycles. The van der Waals surface area contributed by atoms with Gasteiger partial charge in [-0.2, -0.15) is 0 Å². The molecule has 0 saturated carbocycles. The summed E-state index contributed by atoms with van der Waals surface area (Å²) in [5, 5.41) is 3.23. The zero-order valence-corrected chi connectivity index (χ0v) is 11.1. The van der Waals surface area contributed by atoms with Gasteiger partial charge in [0.2, 0.25) is 5.91 Å². The third kappa shape index (κ3) is 3.35. The molecule has 0 bridgehead atoms. The van der Waals surface area contributed by atoms with Gasteiger partial charge in [-0.15, -0.1) is 0 Å². The summed E-state index contributed by atoms with van der Waals surface area (Å²) in [7, 11) is 0. The number of ether oxygens (including phenoxy) is 1. The number of nitrogens with two attached hydrogens (primary N) is 1. The Hall–Kier alpha value is -1.82. The number of carbonyl (C=O) groups excluding carboxylic acids is 1. The van der Waals surface area contributed by atoms with Crippen molar-refractivity contribution in [3.8, 4) is 0 Å². The van der Waals surface area contributed by atoms with Gasteiger partial charge < -0.3 is 20.7 Å². The highest BCUT2D eigenvalue weighted by molar-refractivity contribution is 5.83. The SMILES string of the molecule is CCCNc1cccc(N2CCOCC2C(N)=O)n1. The first-order valence-corrected chi connectivity index (χ1v) is 6.57. The lowest BCUT2D eigenvalue weighted by atomic mass is 10.2. The molecule has 0 spiro atoms. The van der Waals surface area contributed by atoms with Crippen LogP contribution < -0.4 is 16.0 Å². The van der Waals surface area contributed by atoms with Crippen molar-refractivity contribution in [3.05, 3.63) is 18.2 Å². The Morgan fingerprint density at radius 3 is 3.21 bits per heavy atom. The van der Waals surface area contributed by atoms with Crippen LogP contribution in [0.4, 0.5) is 11.6 Å². The van der Waals surface area contributed by atoms with E-state index in [9.17, 15) is 4.79 Å². The van der Waals surface area contributed by atoms with E-state index in [0.717, 1.165) is 24.6 Å². The fourth-order valence-corrected chi connectivity index (χ4v) is 2.05. The molecule has 1 fully saturated rings. The molecule has 1 amide bonds. The van der Waals surface area contributed by atoms with E-state index in [-0.39, 0.29) is 5.91 Å². The minimum Gasteiger partial charge on any atom is -0.377 e. The Balaban J connectivity index is 2.16. The van der Waals surface area contributed by atoms with Gasteiger partial charge >= 0.3 is 0 Å². The van der Waals surface area contributed by atoms with Crippen LogP contribution in [0.15, 0.2) is 18.2 Å². The molecule has 1 aliphatic heterocycles. The van der Waals surface area contributed by atoms with E-state index < -0.39 is 6.04 Å². The van der Waals surface area contributed by atoms with Crippen molar-refractivity contribution in [2.75, 3.05) is 36.5 Å². The third-order valence-corrected chi connectivity index (χ3v) is 3.04. The zero-order chi connectivity index (χ0) is 13.7. The molecule has 1 aliphatic rings. The van der Waals surface area contributed by atoms with E-state index in [4.69, 9.17) is 10.5 Å². The van der Waals surface area contributed by atoms with Crippen LogP contribution in [-0.2, 0) is 9.53 Å². The number of primary amides is 1. The Kier molecular flexibility index (Phi) is 4.57. The van der Waals surface area contributed by atoms with Gasteiger partial charge in [-0.1, -0.05) is 13.0 Å². The predicted molar refractivity (Wildman–Crippen MR) is 74.2 cm³/mol. The topological polar surface area (TPSA) is 80.5 Å². The van der Waals surface area contributed by atoms with Crippen molar-refractivity contribution in [2.24, 2.45) is 5.73 Å². The fourth-order valence-electron chi connectivity index (χ4n) is 2.05. The number of hydrogen-bond donors (Lipinski definition) is 2. The Morgan fingerprint density at radius 2 is 2.47 bits per heavy atom. The molecular weight excluding hydrogens is 244 g/mol. The van der Waals surface area contributed by atoms with E-state index >= 15 is 0 Å². The van der Waals surface area contributed by atoms with Crippen LogP contribution in [0.25, 0.3) is 0 Å². The summed E-state index contributed by atoms with van der Waals surface area (Å²) < 4.78 is 5.30. The molecule has 0 aromatic carbocycles. The number of hydrogen-bond acceptors (Lipinski definition) is 5. The van der Waals surface area contributed by atoms with E-state index in [0.29, 0.717) is 19.8 Å². The number of pyridine rings is 1. The van der Waals surface area contributed by atoms with Gasteiger partial charge in [0.25, 0.3) is 0 Å². The minimum atomic E-state index is -0.442. The smallest absolute Gasteiger partial charge is 0.242 e. The maximum absolute atomic E-state index is 11.5. The van der Waals surface area contributed by atoms with Gasteiger partial charge in [-0.3, -0.25) is 4.79 Å². The second-order valence-electron chi connectivity index (χ2n) is 4.49. The lowest BCUT2D eigenvalue weighted by Gasteiger charge is -2.34. The summed E-state index contributed by atoms with van der Waals surface area (Å²) in [5.74, 6) is 1.19. The number of aromatic nitrogens is 1. The molecule has 6 heteroatoms. The predicted octanol–water partition coefficient (Wildman–Crippen LogP) is 0.594. The highest BCUT2D eigenvalue weighted by atomic mass is 16.5. The molecule has 3 N–H and O–H groups in total. The number of carbonyl (C=O) groups is 1. The van der Waals surface area contributed by atoms with E-state index in [1.54, 1.807) is 0 Å². The van der Waals surface area contributed by atoms with Gasteiger partial charge in [-0.05, 0) is 18.6 Å². The minimum absolute atomic E-state index is 0.323. The molecule has 1 unspecified atom stereocenters. The van der Waals surface area contributed by atoms with E-state index in [2.05, 4.69) is 17.2 Å². The Morgan fingerprint density at radius 1 is 1.63 bits per heavy atom. The summed E-state index contributed by atoms with van der Waals surface area (Å²) in [6.45, 7) is 4.50. The summed E-state index contributed by atoms with van der Waals surface area (Å²) in [6.07, 6.45) is 1.04. The molecule has 6 nitrogen and oxygen atoms in total. The Bertz CT molecular complexity index is 438. The number of nitrogens with one attached hydrogen (secondary N) is 1. The standard InChI is InChI=1S/C13H20N4O2/c1-2-6-15-11-4-3-5-12(16-11)17-7-8-19-9-10(17)13(14)18/h3-5,10H,2,6-9H2,1H3,(H2,14,18)(H,15,16). The van der Waals surface area contributed by atoms with Crippen molar-refractivity contribution in [1.29, 1.82) is 0 Å². The number of amides is 1. The molecule has 2 rings (SSSR count).